The Balaban J connectivity index is 1.67. The number of hydrogen-bond donors (Lipinski definition) is 1. The maximum absolute atomic E-state index is 13.8. The van der Waals surface area contributed by atoms with Crippen LogP contribution in [0.15, 0.2) is 72.6 Å². The number of aromatic nitrogens is 2. The molecule has 0 spiro atoms. The van der Waals surface area contributed by atoms with Crippen molar-refractivity contribution in [1.82, 2.24) is 9.97 Å². The number of aliphatic hydroxyl groups is 1. The van der Waals surface area contributed by atoms with Crippen LogP contribution in [0, 0.1) is 5.82 Å². The number of hydrogen-bond acceptors (Lipinski definition) is 7. The van der Waals surface area contributed by atoms with Gasteiger partial charge < -0.3 is 9.84 Å². The molecule has 7 nitrogen and oxygen atoms in total. The summed E-state index contributed by atoms with van der Waals surface area (Å²) < 4.78 is 20.0. The third-order valence-electron chi connectivity index (χ3n) is 5.59. The summed E-state index contributed by atoms with van der Waals surface area (Å²) in [6, 6.07) is 13.3. The van der Waals surface area contributed by atoms with Crippen LogP contribution in [0.25, 0.3) is 16.0 Å². The van der Waals surface area contributed by atoms with E-state index in [0.717, 1.165) is 17.8 Å². The lowest BCUT2D eigenvalue weighted by Gasteiger charge is -2.22. The molecule has 1 aliphatic heterocycles. The van der Waals surface area contributed by atoms with E-state index in [1.807, 2.05) is 6.92 Å². The Morgan fingerprint density at radius 1 is 1.14 bits per heavy atom. The number of Topliss-reactive ketones (excluding diaryl/α,β-unsaturated/α-hetero) is 1. The van der Waals surface area contributed by atoms with Crippen LogP contribution in [0.2, 0.25) is 0 Å². The number of thiazole rings is 1. The lowest BCUT2D eigenvalue weighted by molar-refractivity contribution is -0.132. The molecule has 0 aliphatic carbocycles. The lowest BCUT2D eigenvalue weighted by atomic mass is 9.96. The van der Waals surface area contributed by atoms with E-state index in [4.69, 9.17) is 4.74 Å². The second-order valence-corrected chi connectivity index (χ2v) is 8.94. The fourth-order valence-electron chi connectivity index (χ4n) is 3.99. The van der Waals surface area contributed by atoms with Gasteiger partial charge in [0.1, 0.15) is 17.3 Å². The van der Waals surface area contributed by atoms with E-state index in [9.17, 15) is 19.1 Å². The Morgan fingerprint density at radius 3 is 2.71 bits per heavy atom. The maximum atomic E-state index is 13.8. The minimum Gasteiger partial charge on any atom is -0.507 e. The molecule has 1 aliphatic rings. The van der Waals surface area contributed by atoms with Gasteiger partial charge in [0.25, 0.3) is 5.78 Å². The fraction of sp³-hybridized carbons (Fsp3) is 0.154. The summed E-state index contributed by atoms with van der Waals surface area (Å²) >= 11 is 1.10. The number of anilines is 1. The van der Waals surface area contributed by atoms with Crippen molar-refractivity contribution in [1.29, 1.82) is 0 Å². The zero-order valence-corrected chi connectivity index (χ0v) is 19.5. The third kappa shape index (κ3) is 4.15. The molecule has 1 unspecified atom stereocenters. The van der Waals surface area contributed by atoms with E-state index in [1.165, 1.54) is 23.1 Å². The van der Waals surface area contributed by atoms with Crippen LogP contribution in [-0.2, 0) is 9.59 Å². The summed E-state index contributed by atoms with van der Waals surface area (Å²) in [7, 11) is 0. The number of ether oxygens (including phenoxy) is 1. The molecular weight excluding hydrogens is 469 g/mol. The van der Waals surface area contributed by atoms with Crippen LogP contribution in [0.4, 0.5) is 9.52 Å². The minimum absolute atomic E-state index is 0.0701. The molecule has 1 saturated heterocycles. The molecule has 2 aromatic carbocycles. The second-order valence-electron chi connectivity index (χ2n) is 7.93. The first-order valence-electron chi connectivity index (χ1n) is 11.0. The highest BCUT2D eigenvalue weighted by atomic mass is 32.1. The molecule has 0 bridgehead atoms. The van der Waals surface area contributed by atoms with Crippen molar-refractivity contribution >= 4 is 44.1 Å². The van der Waals surface area contributed by atoms with Crippen molar-refractivity contribution in [2.45, 2.75) is 19.4 Å². The van der Waals surface area contributed by atoms with Gasteiger partial charge in [-0.3, -0.25) is 19.5 Å². The molecule has 1 atom stereocenters. The Labute approximate surface area is 204 Å². The van der Waals surface area contributed by atoms with Crippen molar-refractivity contribution < 1.29 is 23.8 Å². The Kier molecular flexibility index (Phi) is 6.00. The summed E-state index contributed by atoms with van der Waals surface area (Å²) in [4.78, 5) is 36.3. The summed E-state index contributed by atoms with van der Waals surface area (Å²) in [6.45, 7) is 2.49. The first-order chi connectivity index (χ1) is 17.0. The summed E-state index contributed by atoms with van der Waals surface area (Å²) in [6.07, 6.45) is 3.90. The van der Waals surface area contributed by atoms with Crippen molar-refractivity contribution in [3.8, 4) is 5.75 Å². The highest BCUT2D eigenvalue weighted by Crippen LogP contribution is 2.44. The number of amides is 1. The number of pyridine rings is 1. The van der Waals surface area contributed by atoms with Crippen LogP contribution in [0.1, 0.15) is 30.5 Å². The van der Waals surface area contributed by atoms with Gasteiger partial charge in [-0.25, -0.2) is 9.37 Å². The third-order valence-corrected chi connectivity index (χ3v) is 6.61. The number of carbonyl (C=O) groups is 2. The van der Waals surface area contributed by atoms with Gasteiger partial charge in [-0.15, -0.1) is 0 Å². The average Bonchev–Trinajstić information content (AvgIpc) is 3.40. The van der Waals surface area contributed by atoms with Crippen molar-refractivity contribution in [3.05, 3.63) is 89.5 Å². The van der Waals surface area contributed by atoms with Gasteiger partial charge in [0, 0.05) is 18.0 Å². The van der Waals surface area contributed by atoms with Crippen LogP contribution in [-0.4, -0.2) is 33.4 Å². The monoisotopic (exact) mass is 489 g/mol. The topological polar surface area (TPSA) is 92.6 Å². The van der Waals surface area contributed by atoms with Crippen LogP contribution in [0.5, 0.6) is 5.75 Å². The molecular formula is C26H20FN3O4S. The number of fused-ring (bicyclic) bond motifs is 1. The van der Waals surface area contributed by atoms with E-state index < -0.39 is 23.5 Å². The highest BCUT2D eigenvalue weighted by molar-refractivity contribution is 7.22. The molecule has 4 aromatic rings. The predicted molar refractivity (Wildman–Crippen MR) is 131 cm³/mol. The van der Waals surface area contributed by atoms with E-state index >= 15 is 0 Å². The van der Waals surface area contributed by atoms with Gasteiger partial charge in [-0.05, 0) is 54.4 Å². The zero-order valence-electron chi connectivity index (χ0n) is 18.6. The van der Waals surface area contributed by atoms with Gasteiger partial charge in [-0.2, -0.15) is 0 Å². The Hall–Kier alpha value is -4.11. The molecule has 3 heterocycles. The molecule has 176 valence electrons. The van der Waals surface area contributed by atoms with E-state index in [1.54, 1.807) is 48.8 Å². The molecule has 2 aromatic heterocycles. The molecule has 1 N–H and O–H groups in total. The van der Waals surface area contributed by atoms with Gasteiger partial charge >= 0.3 is 5.91 Å². The van der Waals surface area contributed by atoms with Gasteiger partial charge in [0.2, 0.25) is 0 Å². The number of benzene rings is 2. The molecule has 1 fully saturated rings. The van der Waals surface area contributed by atoms with E-state index in [0.29, 0.717) is 33.7 Å². The standard InChI is InChI=1S/C26H20FN3O4S/c1-2-12-34-18-5-3-4-16(13-18)23(31)21-22(15-8-10-28-11-9-15)30(25(33)24(21)32)26-29-19-7-6-17(27)14-20(19)35-26/h3-11,13-14,22,31H,2,12H2,1H3. The number of ketones is 1. The predicted octanol–water partition coefficient (Wildman–Crippen LogP) is 5.25. The summed E-state index contributed by atoms with van der Waals surface area (Å²) in [5.74, 6) is -1.87. The first-order valence-corrected chi connectivity index (χ1v) is 11.8. The normalized spacial score (nSPS) is 17.3. The number of rotatable bonds is 6. The molecule has 0 saturated carbocycles. The quantitative estimate of drug-likeness (QED) is 0.226. The molecule has 5 rings (SSSR count). The largest absolute Gasteiger partial charge is 0.507 e. The SMILES string of the molecule is CCCOc1cccc(C(O)=C2C(=O)C(=O)N(c3nc4ccc(F)cc4s3)C2c2ccncc2)c1. The van der Waals surface area contributed by atoms with E-state index in [2.05, 4.69) is 9.97 Å². The zero-order chi connectivity index (χ0) is 24.5. The lowest BCUT2D eigenvalue weighted by Crippen LogP contribution is -2.29. The van der Waals surface area contributed by atoms with Crippen molar-refractivity contribution in [2.75, 3.05) is 11.5 Å². The van der Waals surface area contributed by atoms with Gasteiger partial charge in [-0.1, -0.05) is 30.4 Å². The number of carbonyl (C=O) groups excluding carboxylic acids is 2. The van der Waals surface area contributed by atoms with Gasteiger partial charge in [0.05, 0.1) is 28.4 Å². The van der Waals surface area contributed by atoms with Crippen LogP contribution >= 0.6 is 11.3 Å². The minimum atomic E-state index is -0.941. The van der Waals surface area contributed by atoms with E-state index in [-0.39, 0.29) is 16.5 Å². The number of aliphatic hydroxyl groups excluding tert-OH is 1. The van der Waals surface area contributed by atoms with Gasteiger partial charge in [0.15, 0.2) is 5.13 Å². The molecule has 9 heteroatoms. The summed E-state index contributed by atoms with van der Waals surface area (Å²) in [5.41, 5.74) is 1.36. The Morgan fingerprint density at radius 2 is 1.94 bits per heavy atom. The molecule has 0 radical (unpaired) electrons. The second kappa shape index (κ2) is 9.27. The molecule has 35 heavy (non-hydrogen) atoms. The summed E-state index contributed by atoms with van der Waals surface area (Å²) in [5, 5.41) is 11.5. The average molecular weight is 490 g/mol. The number of halogens is 1. The smallest absolute Gasteiger partial charge is 0.301 e. The fourth-order valence-corrected chi connectivity index (χ4v) is 5.01. The maximum Gasteiger partial charge on any atom is 0.301 e. The Bertz CT molecular complexity index is 1470. The van der Waals surface area contributed by atoms with Crippen molar-refractivity contribution in [3.63, 3.8) is 0 Å². The van der Waals surface area contributed by atoms with Crippen molar-refractivity contribution in [2.24, 2.45) is 0 Å². The van der Waals surface area contributed by atoms with Crippen LogP contribution in [0.3, 0.4) is 0 Å². The number of nitrogens with zero attached hydrogens (tertiary/aromatic N) is 3. The highest BCUT2D eigenvalue weighted by Gasteiger charge is 2.48. The first kappa shape index (κ1) is 22.7. The van der Waals surface area contributed by atoms with Crippen LogP contribution < -0.4 is 9.64 Å². The molecule has 1 amide bonds.